The van der Waals surface area contributed by atoms with Gasteiger partial charge in [0, 0.05) is 6.20 Å². The molecule has 0 spiro atoms. The minimum absolute atomic E-state index is 0.191. The lowest BCUT2D eigenvalue weighted by molar-refractivity contribution is -0.148. The summed E-state index contributed by atoms with van der Waals surface area (Å²) in [7, 11) is 0. The number of aryl methyl sites for hydroxylation is 1. The summed E-state index contributed by atoms with van der Waals surface area (Å²) in [5, 5.41) is 7.35. The van der Waals surface area contributed by atoms with Crippen LogP contribution in [0.3, 0.4) is 0 Å². The topological polar surface area (TPSA) is 25.8 Å². The minimum Gasteiger partial charge on any atom is -0.171 e. The van der Waals surface area contributed by atoms with Crippen LogP contribution in [-0.2, 0) is 0 Å². The van der Waals surface area contributed by atoms with E-state index in [1.807, 2.05) is 0 Å². The second kappa shape index (κ2) is 2.93. The predicted molar refractivity (Wildman–Crippen MR) is 43.7 cm³/mol. The second-order valence-electron chi connectivity index (χ2n) is 3.56. The SMILES string of the molecule is Cc1nnccc1[C@H]1C[C@@H]1C(F)(F)F. The Morgan fingerprint density at radius 1 is 1.43 bits per heavy atom. The first-order valence-corrected chi connectivity index (χ1v) is 4.35. The van der Waals surface area contributed by atoms with Crippen molar-refractivity contribution in [2.24, 2.45) is 5.92 Å². The maximum absolute atomic E-state index is 12.3. The smallest absolute Gasteiger partial charge is 0.171 e. The average Bonchev–Trinajstić information content (AvgIpc) is 2.83. The number of halogens is 3. The van der Waals surface area contributed by atoms with Gasteiger partial charge in [-0.3, -0.25) is 0 Å². The lowest BCUT2D eigenvalue weighted by Gasteiger charge is -2.06. The zero-order valence-electron chi connectivity index (χ0n) is 7.54. The van der Waals surface area contributed by atoms with E-state index in [2.05, 4.69) is 10.2 Å². The van der Waals surface area contributed by atoms with Gasteiger partial charge in [-0.2, -0.15) is 23.4 Å². The van der Waals surface area contributed by atoms with Crippen LogP contribution in [-0.4, -0.2) is 16.4 Å². The first-order chi connectivity index (χ1) is 6.50. The largest absolute Gasteiger partial charge is 0.392 e. The summed E-state index contributed by atoms with van der Waals surface area (Å²) in [6.07, 6.45) is -2.44. The maximum atomic E-state index is 12.3. The van der Waals surface area contributed by atoms with Crippen molar-refractivity contribution in [3.05, 3.63) is 23.5 Å². The molecule has 1 heterocycles. The third-order valence-corrected chi connectivity index (χ3v) is 2.56. The molecule has 0 radical (unpaired) electrons. The lowest BCUT2D eigenvalue weighted by atomic mass is 10.1. The first kappa shape index (κ1) is 9.43. The molecule has 0 N–H and O–H groups in total. The summed E-state index contributed by atoms with van der Waals surface area (Å²) in [5.41, 5.74) is 1.28. The van der Waals surface area contributed by atoms with Crippen molar-refractivity contribution in [1.29, 1.82) is 0 Å². The molecular formula is C9H9F3N2. The fourth-order valence-corrected chi connectivity index (χ4v) is 1.70. The third-order valence-electron chi connectivity index (χ3n) is 2.56. The molecule has 14 heavy (non-hydrogen) atoms. The summed E-state index contributed by atoms with van der Waals surface area (Å²) in [4.78, 5) is 0. The number of aromatic nitrogens is 2. The van der Waals surface area contributed by atoms with Gasteiger partial charge >= 0.3 is 6.18 Å². The average molecular weight is 202 g/mol. The molecule has 2 atom stereocenters. The number of rotatable bonds is 1. The van der Waals surface area contributed by atoms with Crippen LogP contribution < -0.4 is 0 Å². The predicted octanol–water partition coefficient (Wildman–Crippen LogP) is 2.45. The van der Waals surface area contributed by atoms with E-state index in [4.69, 9.17) is 0 Å². The number of alkyl halides is 3. The van der Waals surface area contributed by atoms with Gasteiger partial charge in [-0.25, -0.2) is 0 Å². The fourth-order valence-electron chi connectivity index (χ4n) is 1.70. The van der Waals surface area contributed by atoms with Crippen molar-refractivity contribution < 1.29 is 13.2 Å². The number of hydrogen-bond acceptors (Lipinski definition) is 2. The van der Waals surface area contributed by atoms with Gasteiger partial charge in [0.1, 0.15) is 0 Å². The Morgan fingerprint density at radius 2 is 2.14 bits per heavy atom. The molecule has 1 aliphatic carbocycles. The van der Waals surface area contributed by atoms with Crippen molar-refractivity contribution in [1.82, 2.24) is 10.2 Å². The Morgan fingerprint density at radius 3 is 2.64 bits per heavy atom. The van der Waals surface area contributed by atoms with Gasteiger partial charge in [0.15, 0.2) is 0 Å². The monoisotopic (exact) mass is 202 g/mol. The van der Waals surface area contributed by atoms with Crippen LogP contribution in [0.25, 0.3) is 0 Å². The van der Waals surface area contributed by atoms with E-state index in [0.717, 1.165) is 0 Å². The highest BCUT2D eigenvalue weighted by Gasteiger charge is 2.56. The summed E-state index contributed by atoms with van der Waals surface area (Å²) in [5.74, 6) is -1.57. The van der Waals surface area contributed by atoms with Gasteiger partial charge < -0.3 is 0 Å². The third kappa shape index (κ3) is 1.58. The van der Waals surface area contributed by atoms with Crippen LogP contribution in [0.1, 0.15) is 23.6 Å². The zero-order chi connectivity index (χ0) is 10.3. The normalized spacial score (nSPS) is 26.3. The second-order valence-corrected chi connectivity index (χ2v) is 3.56. The van der Waals surface area contributed by atoms with E-state index < -0.39 is 18.0 Å². The molecule has 1 aliphatic rings. The summed E-state index contributed by atoms with van der Waals surface area (Å²) in [6, 6.07) is 1.62. The van der Waals surface area contributed by atoms with Crippen LogP contribution in [0, 0.1) is 12.8 Å². The molecule has 0 amide bonds. The Balaban J connectivity index is 2.18. The van der Waals surface area contributed by atoms with Crippen LogP contribution in [0.4, 0.5) is 13.2 Å². The highest BCUT2D eigenvalue weighted by Crippen LogP contribution is 2.56. The van der Waals surface area contributed by atoms with E-state index in [1.54, 1.807) is 13.0 Å². The molecule has 0 aromatic carbocycles. The van der Waals surface area contributed by atoms with Gasteiger partial charge in [-0.1, -0.05) is 0 Å². The van der Waals surface area contributed by atoms with Crippen molar-refractivity contribution in [2.45, 2.75) is 25.4 Å². The molecule has 1 aromatic rings. The highest BCUT2D eigenvalue weighted by atomic mass is 19.4. The standard InChI is InChI=1S/C9H9F3N2/c1-5-6(2-3-13-14-5)7-4-8(7)9(10,11)12/h2-3,7-8H,4H2,1H3/t7-,8+/m1/s1. The van der Waals surface area contributed by atoms with Crippen molar-refractivity contribution in [2.75, 3.05) is 0 Å². The quantitative estimate of drug-likeness (QED) is 0.699. The van der Waals surface area contributed by atoms with Crippen molar-refractivity contribution in [3.63, 3.8) is 0 Å². The Labute approximate surface area is 79.2 Å². The molecule has 0 bridgehead atoms. The van der Waals surface area contributed by atoms with Crippen LogP contribution >= 0.6 is 0 Å². The van der Waals surface area contributed by atoms with Gasteiger partial charge in [0.05, 0.1) is 11.6 Å². The Bertz CT molecular complexity index is 348. The van der Waals surface area contributed by atoms with E-state index >= 15 is 0 Å². The van der Waals surface area contributed by atoms with Gasteiger partial charge in [0.25, 0.3) is 0 Å². The molecule has 0 saturated heterocycles. The molecule has 2 rings (SSSR count). The first-order valence-electron chi connectivity index (χ1n) is 4.35. The summed E-state index contributed by atoms with van der Waals surface area (Å²) in [6.45, 7) is 1.69. The van der Waals surface area contributed by atoms with Crippen LogP contribution in [0.2, 0.25) is 0 Å². The van der Waals surface area contributed by atoms with E-state index in [-0.39, 0.29) is 6.42 Å². The summed E-state index contributed by atoms with van der Waals surface area (Å²) >= 11 is 0. The number of nitrogens with zero attached hydrogens (tertiary/aromatic N) is 2. The molecule has 1 saturated carbocycles. The lowest BCUT2D eigenvalue weighted by Crippen LogP contribution is -2.11. The van der Waals surface area contributed by atoms with Gasteiger partial charge in [0.2, 0.25) is 0 Å². The molecular weight excluding hydrogens is 193 g/mol. The Hall–Kier alpha value is -1.13. The van der Waals surface area contributed by atoms with Crippen LogP contribution in [0.15, 0.2) is 12.3 Å². The molecule has 1 fully saturated rings. The number of hydrogen-bond donors (Lipinski definition) is 0. The molecule has 0 aliphatic heterocycles. The zero-order valence-corrected chi connectivity index (χ0v) is 7.54. The highest BCUT2D eigenvalue weighted by molar-refractivity contribution is 5.28. The molecule has 0 unspecified atom stereocenters. The molecule has 2 nitrogen and oxygen atoms in total. The van der Waals surface area contributed by atoms with Gasteiger partial charge in [-0.15, -0.1) is 0 Å². The molecule has 76 valence electrons. The summed E-state index contributed by atoms with van der Waals surface area (Å²) < 4.78 is 36.8. The van der Waals surface area contributed by atoms with E-state index in [0.29, 0.717) is 11.3 Å². The fraction of sp³-hybridized carbons (Fsp3) is 0.556. The Kier molecular flexibility index (Phi) is 1.97. The minimum atomic E-state index is -4.07. The maximum Gasteiger partial charge on any atom is 0.392 e. The van der Waals surface area contributed by atoms with Gasteiger partial charge in [-0.05, 0) is 30.9 Å². The van der Waals surface area contributed by atoms with Crippen molar-refractivity contribution in [3.8, 4) is 0 Å². The molecule has 5 heteroatoms. The van der Waals surface area contributed by atoms with E-state index in [9.17, 15) is 13.2 Å². The van der Waals surface area contributed by atoms with Crippen LogP contribution in [0.5, 0.6) is 0 Å². The van der Waals surface area contributed by atoms with Crippen molar-refractivity contribution >= 4 is 0 Å². The van der Waals surface area contributed by atoms with E-state index in [1.165, 1.54) is 6.20 Å². The molecule has 1 aromatic heterocycles.